The van der Waals surface area contributed by atoms with Gasteiger partial charge in [0.15, 0.2) is 0 Å². The molecule has 0 saturated heterocycles. The fourth-order valence-corrected chi connectivity index (χ4v) is 1.58. The molecule has 0 unspecified atom stereocenters. The highest BCUT2D eigenvalue weighted by Gasteiger charge is 2.25. The van der Waals surface area contributed by atoms with Gasteiger partial charge in [0.1, 0.15) is 5.82 Å². The Morgan fingerprint density at radius 3 is 2.62 bits per heavy atom. The lowest BCUT2D eigenvalue weighted by Gasteiger charge is -2.27. The zero-order valence-electron chi connectivity index (χ0n) is 9.59. The van der Waals surface area contributed by atoms with Crippen LogP contribution in [-0.4, -0.2) is 12.5 Å². The van der Waals surface area contributed by atoms with Gasteiger partial charge in [-0.3, -0.25) is 4.79 Å². The SMILES string of the molecule is CC(C)(NC(=O)CCN)c1ccccc1F. The summed E-state index contributed by atoms with van der Waals surface area (Å²) in [6, 6.07) is 6.41. The molecule has 3 nitrogen and oxygen atoms in total. The summed E-state index contributed by atoms with van der Waals surface area (Å²) in [5.74, 6) is -0.490. The number of hydrogen-bond donors (Lipinski definition) is 2. The second kappa shape index (κ2) is 5.07. The number of hydrogen-bond acceptors (Lipinski definition) is 2. The van der Waals surface area contributed by atoms with Gasteiger partial charge in [0, 0.05) is 18.5 Å². The van der Waals surface area contributed by atoms with E-state index >= 15 is 0 Å². The van der Waals surface area contributed by atoms with Crippen molar-refractivity contribution in [1.29, 1.82) is 0 Å². The van der Waals surface area contributed by atoms with Gasteiger partial charge in [-0.2, -0.15) is 0 Å². The molecule has 1 aromatic carbocycles. The van der Waals surface area contributed by atoms with Crippen molar-refractivity contribution in [2.75, 3.05) is 6.54 Å². The molecule has 0 radical (unpaired) electrons. The normalized spacial score (nSPS) is 11.2. The van der Waals surface area contributed by atoms with Crippen LogP contribution in [0.4, 0.5) is 4.39 Å². The molecule has 0 fully saturated rings. The van der Waals surface area contributed by atoms with Crippen LogP contribution in [0, 0.1) is 5.82 Å². The van der Waals surface area contributed by atoms with Crippen molar-refractivity contribution in [2.45, 2.75) is 25.8 Å². The van der Waals surface area contributed by atoms with E-state index in [9.17, 15) is 9.18 Å². The van der Waals surface area contributed by atoms with Crippen LogP contribution in [0.5, 0.6) is 0 Å². The first-order valence-corrected chi connectivity index (χ1v) is 5.23. The number of halogens is 1. The lowest BCUT2D eigenvalue weighted by atomic mass is 9.93. The third kappa shape index (κ3) is 3.03. The molecule has 1 aromatic rings. The van der Waals surface area contributed by atoms with Crippen LogP contribution in [-0.2, 0) is 10.3 Å². The van der Waals surface area contributed by atoms with Gasteiger partial charge in [0.25, 0.3) is 0 Å². The number of benzene rings is 1. The minimum Gasteiger partial charge on any atom is -0.347 e. The Labute approximate surface area is 94.8 Å². The van der Waals surface area contributed by atoms with Crippen molar-refractivity contribution in [1.82, 2.24) is 5.32 Å². The number of carbonyl (C=O) groups excluding carboxylic acids is 1. The van der Waals surface area contributed by atoms with Crippen LogP contribution >= 0.6 is 0 Å². The smallest absolute Gasteiger partial charge is 0.221 e. The first-order valence-electron chi connectivity index (χ1n) is 5.23. The fourth-order valence-electron chi connectivity index (χ4n) is 1.58. The molecule has 16 heavy (non-hydrogen) atoms. The van der Waals surface area contributed by atoms with Crippen molar-refractivity contribution in [3.05, 3.63) is 35.6 Å². The van der Waals surface area contributed by atoms with Crippen LogP contribution < -0.4 is 11.1 Å². The first kappa shape index (κ1) is 12.6. The Bertz CT molecular complexity index is 377. The molecule has 0 aliphatic rings. The highest BCUT2D eigenvalue weighted by atomic mass is 19.1. The van der Waals surface area contributed by atoms with Crippen molar-refractivity contribution in [3.63, 3.8) is 0 Å². The molecule has 3 N–H and O–H groups in total. The van der Waals surface area contributed by atoms with E-state index < -0.39 is 5.54 Å². The molecule has 88 valence electrons. The summed E-state index contributed by atoms with van der Waals surface area (Å²) in [7, 11) is 0. The molecule has 1 rings (SSSR count). The van der Waals surface area contributed by atoms with E-state index in [1.54, 1.807) is 32.0 Å². The predicted octanol–water partition coefficient (Wildman–Crippen LogP) is 1.53. The van der Waals surface area contributed by atoms with Crippen molar-refractivity contribution >= 4 is 5.91 Å². The number of rotatable bonds is 4. The molecule has 0 atom stereocenters. The Hall–Kier alpha value is -1.42. The van der Waals surface area contributed by atoms with Gasteiger partial charge in [0.2, 0.25) is 5.91 Å². The lowest BCUT2D eigenvalue weighted by Crippen LogP contribution is -2.42. The van der Waals surface area contributed by atoms with Gasteiger partial charge in [-0.25, -0.2) is 4.39 Å². The number of carbonyl (C=O) groups is 1. The lowest BCUT2D eigenvalue weighted by molar-refractivity contribution is -0.122. The average molecular weight is 224 g/mol. The molecule has 0 aromatic heterocycles. The summed E-state index contributed by atoms with van der Waals surface area (Å²) in [5.41, 5.74) is 5.03. The van der Waals surface area contributed by atoms with Gasteiger partial charge >= 0.3 is 0 Å². The Morgan fingerprint density at radius 1 is 1.44 bits per heavy atom. The van der Waals surface area contributed by atoms with E-state index in [1.807, 2.05) is 0 Å². The summed E-state index contributed by atoms with van der Waals surface area (Å²) < 4.78 is 13.5. The number of nitrogens with one attached hydrogen (secondary N) is 1. The highest BCUT2D eigenvalue weighted by molar-refractivity contribution is 5.77. The Kier molecular flexibility index (Phi) is 4.01. The monoisotopic (exact) mass is 224 g/mol. The maximum absolute atomic E-state index is 13.5. The zero-order valence-corrected chi connectivity index (χ0v) is 9.59. The van der Waals surface area contributed by atoms with Crippen LogP contribution in [0.25, 0.3) is 0 Å². The number of amides is 1. The summed E-state index contributed by atoms with van der Waals surface area (Å²) in [4.78, 5) is 11.4. The second-order valence-electron chi connectivity index (χ2n) is 4.19. The van der Waals surface area contributed by atoms with Gasteiger partial charge < -0.3 is 11.1 Å². The van der Waals surface area contributed by atoms with Crippen molar-refractivity contribution < 1.29 is 9.18 Å². The maximum atomic E-state index is 13.5. The topological polar surface area (TPSA) is 55.1 Å². The van der Waals surface area contributed by atoms with Gasteiger partial charge in [-0.05, 0) is 19.9 Å². The van der Waals surface area contributed by atoms with E-state index in [4.69, 9.17) is 5.73 Å². The Morgan fingerprint density at radius 2 is 2.06 bits per heavy atom. The average Bonchev–Trinajstić information content (AvgIpc) is 2.17. The second-order valence-corrected chi connectivity index (χ2v) is 4.19. The third-order valence-electron chi connectivity index (χ3n) is 2.37. The zero-order chi connectivity index (χ0) is 12.2. The summed E-state index contributed by atoms with van der Waals surface area (Å²) in [6.45, 7) is 3.82. The molecular weight excluding hydrogens is 207 g/mol. The van der Waals surface area contributed by atoms with Crippen molar-refractivity contribution in [3.8, 4) is 0 Å². The largest absolute Gasteiger partial charge is 0.347 e. The van der Waals surface area contributed by atoms with E-state index in [0.717, 1.165) is 0 Å². The van der Waals surface area contributed by atoms with Crippen LogP contribution in [0.1, 0.15) is 25.8 Å². The van der Waals surface area contributed by atoms with Gasteiger partial charge in [-0.15, -0.1) is 0 Å². The minimum absolute atomic E-state index is 0.171. The summed E-state index contributed by atoms with van der Waals surface area (Å²) in [6.07, 6.45) is 0.248. The van der Waals surface area contributed by atoms with Crippen LogP contribution in [0.15, 0.2) is 24.3 Å². The van der Waals surface area contributed by atoms with Crippen molar-refractivity contribution in [2.24, 2.45) is 5.73 Å². The maximum Gasteiger partial charge on any atom is 0.221 e. The first-order chi connectivity index (χ1) is 7.47. The molecule has 1 amide bonds. The quantitative estimate of drug-likeness (QED) is 0.814. The van der Waals surface area contributed by atoms with Gasteiger partial charge in [0.05, 0.1) is 5.54 Å². The molecule has 0 aliphatic carbocycles. The Balaban J connectivity index is 2.85. The molecular formula is C12H17FN2O. The van der Waals surface area contributed by atoms with E-state index in [-0.39, 0.29) is 18.1 Å². The fraction of sp³-hybridized carbons (Fsp3) is 0.417. The molecule has 0 saturated carbocycles. The summed E-state index contributed by atoms with van der Waals surface area (Å²) in [5, 5.41) is 2.76. The van der Waals surface area contributed by atoms with Crippen LogP contribution in [0.3, 0.4) is 0 Å². The predicted molar refractivity (Wildman–Crippen MR) is 61.2 cm³/mol. The minimum atomic E-state index is -0.725. The molecule has 4 heteroatoms. The highest BCUT2D eigenvalue weighted by Crippen LogP contribution is 2.22. The molecule has 0 bridgehead atoms. The molecule has 0 spiro atoms. The molecule has 0 heterocycles. The molecule has 0 aliphatic heterocycles. The number of nitrogens with two attached hydrogens (primary N) is 1. The van der Waals surface area contributed by atoms with Gasteiger partial charge in [-0.1, -0.05) is 18.2 Å². The van der Waals surface area contributed by atoms with E-state index in [0.29, 0.717) is 12.1 Å². The van der Waals surface area contributed by atoms with E-state index in [1.165, 1.54) is 6.07 Å². The van der Waals surface area contributed by atoms with E-state index in [2.05, 4.69) is 5.32 Å². The standard InChI is InChI=1S/C12H17FN2O/c1-12(2,15-11(16)7-8-14)9-5-3-4-6-10(9)13/h3-6H,7-8,14H2,1-2H3,(H,15,16). The third-order valence-corrected chi connectivity index (χ3v) is 2.37. The summed E-state index contributed by atoms with van der Waals surface area (Å²) >= 11 is 0. The van der Waals surface area contributed by atoms with Crippen LogP contribution in [0.2, 0.25) is 0 Å².